The van der Waals surface area contributed by atoms with Crippen LogP contribution in [0.2, 0.25) is 0 Å². The minimum Gasteiger partial charge on any atom is -0.496 e. The molecular weight excluding hydrogens is 358 g/mol. The second-order valence-electron chi connectivity index (χ2n) is 5.03. The number of amides is 1. The number of nitrogens with one attached hydrogen (secondary N) is 1. The average Bonchev–Trinajstić information content (AvgIpc) is 2.98. The van der Waals surface area contributed by atoms with Gasteiger partial charge in [0, 0.05) is 24.7 Å². The van der Waals surface area contributed by atoms with Crippen molar-refractivity contribution in [3.8, 4) is 5.75 Å². The Morgan fingerprint density at radius 2 is 2.22 bits per heavy atom. The van der Waals surface area contributed by atoms with E-state index in [9.17, 15) is 4.79 Å². The minimum atomic E-state index is -0.116. The number of carbonyl (C=O) groups is 1. The number of hydrogen-bond acceptors (Lipinski definition) is 3. The molecule has 0 radical (unpaired) electrons. The van der Waals surface area contributed by atoms with Crippen molar-refractivity contribution in [2.75, 3.05) is 13.7 Å². The first-order valence-corrected chi connectivity index (χ1v) is 8.01. The smallest absolute Gasteiger partial charge is 0.251 e. The highest BCUT2D eigenvalue weighted by molar-refractivity contribution is 9.10. The van der Waals surface area contributed by atoms with Crippen LogP contribution in [0.4, 0.5) is 0 Å². The maximum absolute atomic E-state index is 12.2. The van der Waals surface area contributed by atoms with Gasteiger partial charge in [-0.1, -0.05) is 6.07 Å². The lowest BCUT2D eigenvalue weighted by atomic mass is 10.2. The Balaban J connectivity index is 1.62. The Hall–Kier alpha value is -2.34. The van der Waals surface area contributed by atoms with Crippen molar-refractivity contribution >= 4 is 27.4 Å². The van der Waals surface area contributed by atoms with E-state index in [0.29, 0.717) is 24.3 Å². The third kappa shape index (κ3) is 3.37. The fourth-order valence-electron chi connectivity index (χ4n) is 2.38. The molecule has 2 aromatic heterocycles. The van der Waals surface area contributed by atoms with E-state index < -0.39 is 0 Å². The molecule has 0 bridgehead atoms. The molecule has 0 aliphatic carbocycles. The third-order valence-corrected chi connectivity index (χ3v) is 4.18. The van der Waals surface area contributed by atoms with Crippen LogP contribution in [0.3, 0.4) is 0 Å². The van der Waals surface area contributed by atoms with Gasteiger partial charge in [-0.25, -0.2) is 4.98 Å². The molecule has 118 valence electrons. The van der Waals surface area contributed by atoms with E-state index in [1.807, 2.05) is 35.0 Å². The van der Waals surface area contributed by atoms with Gasteiger partial charge in [-0.2, -0.15) is 0 Å². The predicted molar refractivity (Wildman–Crippen MR) is 91.9 cm³/mol. The number of hydrogen-bond donors (Lipinski definition) is 1. The highest BCUT2D eigenvalue weighted by Crippen LogP contribution is 2.25. The molecule has 0 fully saturated rings. The molecule has 0 saturated carbocycles. The maximum atomic E-state index is 12.2. The zero-order valence-corrected chi connectivity index (χ0v) is 14.2. The Bertz CT molecular complexity index is 845. The number of fused-ring (bicyclic) bond motifs is 1. The van der Waals surface area contributed by atoms with Crippen molar-refractivity contribution in [2.24, 2.45) is 0 Å². The first-order valence-electron chi connectivity index (χ1n) is 7.22. The van der Waals surface area contributed by atoms with E-state index >= 15 is 0 Å². The van der Waals surface area contributed by atoms with Gasteiger partial charge in [-0.15, -0.1) is 0 Å². The molecule has 1 aromatic carbocycles. The van der Waals surface area contributed by atoms with Gasteiger partial charge in [-0.3, -0.25) is 4.79 Å². The number of aromatic nitrogens is 2. The third-order valence-electron chi connectivity index (χ3n) is 3.56. The van der Waals surface area contributed by atoms with Crippen LogP contribution in [-0.2, 0) is 6.42 Å². The van der Waals surface area contributed by atoms with Gasteiger partial charge in [-0.05, 0) is 46.3 Å². The van der Waals surface area contributed by atoms with Crippen LogP contribution >= 0.6 is 15.9 Å². The molecule has 5 nitrogen and oxygen atoms in total. The van der Waals surface area contributed by atoms with Crippen molar-refractivity contribution < 1.29 is 9.53 Å². The Kier molecular flexibility index (Phi) is 4.62. The topological polar surface area (TPSA) is 55.6 Å². The summed E-state index contributed by atoms with van der Waals surface area (Å²) < 4.78 is 7.94. The molecule has 0 atom stereocenters. The Morgan fingerprint density at radius 1 is 1.35 bits per heavy atom. The lowest BCUT2D eigenvalue weighted by molar-refractivity contribution is 0.0954. The lowest BCUT2D eigenvalue weighted by Crippen LogP contribution is -2.26. The summed E-state index contributed by atoms with van der Waals surface area (Å²) in [6.07, 6.45) is 4.47. The summed E-state index contributed by atoms with van der Waals surface area (Å²) in [7, 11) is 1.59. The van der Waals surface area contributed by atoms with Gasteiger partial charge in [0.1, 0.15) is 11.6 Å². The molecule has 0 aliphatic heterocycles. The molecule has 6 heteroatoms. The standard InChI is InChI=1S/C17H16BrN3O2/c1-23-15-6-5-12(10-14(15)18)17(22)19-8-7-16-20-11-13-4-2-3-9-21(13)16/h2-6,9-11H,7-8H2,1H3,(H,19,22). The number of carbonyl (C=O) groups excluding carboxylic acids is 1. The van der Waals surface area contributed by atoms with E-state index in [0.717, 1.165) is 15.8 Å². The van der Waals surface area contributed by atoms with E-state index in [4.69, 9.17) is 4.74 Å². The second-order valence-corrected chi connectivity index (χ2v) is 5.88. The van der Waals surface area contributed by atoms with Crippen LogP contribution in [0.1, 0.15) is 16.2 Å². The van der Waals surface area contributed by atoms with Crippen LogP contribution < -0.4 is 10.1 Å². The van der Waals surface area contributed by atoms with Crippen molar-refractivity contribution in [2.45, 2.75) is 6.42 Å². The quantitative estimate of drug-likeness (QED) is 0.747. The molecular formula is C17H16BrN3O2. The number of imidazole rings is 1. The summed E-state index contributed by atoms with van der Waals surface area (Å²) in [6, 6.07) is 11.2. The summed E-state index contributed by atoms with van der Waals surface area (Å²) in [5.41, 5.74) is 1.64. The molecule has 0 saturated heterocycles. The minimum absolute atomic E-state index is 0.116. The number of benzene rings is 1. The van der Waals surface area contributed by atoms with E-state index in [2.05, 4.69) is 26.2 Å². The molecule has 3 rings (SSSR count). The number of ether oxygens (including phenoxy) is 1. The van der Waals surface area contributed by atoms with Crippen LogP contribution in [-0.4, -0.2) is 28.9 Å². The monoisotopic (exact) mass is 373 g/mol. The molecule has 23 heavy (non-hydrogen) atoms. The number of halogens is 1. The molecule has 1 amide bonds. The highest BCUT2D eigenvalue weighted by Gasteiger charge is 2.09. The Morgan fingerprint density at radius 3 is 3.00 bits per heavy atom. The van der Waals surface area contributed by atoms with E-state index in [-0.39, 0.29) is 5.91 Å². The first-order chi connectivity index (χ1) is 11.2. The van der Waals surface area contributed by atoms with Gasteiger partial charge in [0.2, 0.25) is 0 Å². The summed E-state index contributed by atoms with van der Waals surface area (Å²) >= 11 is 3.38. The Labute approximate surface area is 142 Å². The van der Waals surface area contributed by atoms with Crippen molar-refractivity contribution in [1.82, 2.24) is 14.7 Å². The van der Waals surface area contributed by atoms with Crippen molar-refractivity contribution in [3.63, 3.8) is 0 Å². The van der Waals surface area contributed by atoms with Crippen LogP contribution in [0.15, 0.2) is 53.3 Å². The highest BCUT2D eigenvalue weighted by atomic mass is 79.9. The lowest BCUT2D eigenvalue weighted by Gasteiger charge is -2.07. The summed E-state index contributed by atoms with van der Waals surface area (Å²) in [6.45, 7) is 0.524. The first kappa shape index (κ1) is 15.6. The van der Waals surface area contributed by atoms with Crippen LogP contribution in [0, 0.1) is 0 Å². The molecule has 0 spiro atoms. The molecule has 2 heterocycles. The van der Waals surface area contributed by atoms with Gasteiger partial charge >= 0.3 is 0 Å². The van der Waals surface area contributed by atoms with Crippen LogP contribution in [0.5, 0.6) is 5.75 Å². The zero-order chi connectivity index (χ0) is 16.2. The van der Waals surface area contributed by atoms with E-state index in [1.54, 1.807) is 25.3 Å². The number of nitrogens with zero attached hydrogens (tertiary/aromatic N) is 2. The number of methoxy groups -OCH3 is 1. The van der Waals surface area contributed by atoms with Crippen LogP contribution in [0.25, 0.3) is 5.52 Å². The SMILES string of the molecule is COc1ccc(C(=O)NCCc2ncc3ccccn23)cc1Br. The maximum Gasteiger partial charge on any atom is 0.251 e. The van der Waals surface area contributed by atoms with Gasteiger partial charge in [0.15, 0.2) is 0 Å². The largest absolute Gasteiger partial charge is 0.496 e. The summed E-state index contributed by atoms with van der Waals surface area (Å²) in [5, 5.41) is 2.91. The predicted octanol–water partition coefficient (Wildman–Crippen LogP) is 3.08. The fourth-order valence-corrected chi connectivity index (χ4v) is 2.92. The average molecular weight is 374 g/mol. The van der Waals surface area contributed by atoms with Gasteiger partial charge in [0.25, 0.3) is 5.91 Å². The normalized spacial score (nSPS) is 10.7. The summed E-state index contributed by atoms with van der Waals surface area (Å²) in [4.78, 5) is 16.6. The molecule has 0 unspecified atom stereocenters. The molecule has 1 N–H and O–H groups in total. The fraction of sp³-hybridized carbons (Fsp3) is 0.176. The number of rotatable bonds is 5. The number of pyridine rings is 1. The van der Waals surface area contributed by atoms with Crippen molar-refractivity contribution in [3.05, 3.63) is 64.7 Å². The van der Waals surface area contributed by atoms with Gasteiger partial charge in [0.05, 0.1) is 23.3 Å². The molecule has 0 aliphatic rings. The van der Waals surface area contributed by atoms with Gasteiger partial charge < -0.3 is 14.5 Å². The van der Waals surface area contributed by atoms with E-state index in [1.165, 1.54) is 0 Å². The molecule has 3 aromatic rings. The summed E-state index contributed by atoms with van der Waals surface area (Å²) in [5.74, 6) is 1.51. The second kappa shape index (κ2) is 6.83. The zero-order valence-electron chi connectivity index (χ0n) is 12.6. The van der Waals surface area contributed by atoms with Crippen molar-refractivity contribution in [1.29, 1.82) is 0 Å².